The molecule has 3 aromatic rings. The third-order valence-electron chi connectivity index (χ3n) is 3.85. The SMILES string of the molecule is CN=C(NCCc1ncc(C)s1)NCc1sc(-c2ccccc2)nc1C. The molecule has 0 unspecified atom stereocenters. The van der Waals surface area contributed by atoms with Gasteiger partial charge in [-0.15, -0.1) is 22.7 Å². The van der Waals surface area contributed by atoms with Crippen LogP contribution in [0.5, 0.6) is 0 Å². The van der Waals surface area contributed by atoms with Crippen molar-refractivity contribution >= 4 is 28.6 Å². The molecule has 0 saturated heterocycles. The van der Waals surface area contributed by atoms with Crippen LogP contribution in [-0.4, -0.2) is 29.5 Å². The first-order valence-corrected chi connectivity index (χ1v) is 10.2. The van der Waals surface area contributed by atoms with Crippen LogP contribution in [0.4, 0.5) is 0 Å². The quantitative estimate of drug-likeness (QED) is 0.501. The fraction of sp³-hybridized carbons (Fsp3) is 0.316. The molecule has 0 amide bonds. The Morgan fingerprint density at radius 2 is 1.92 bits per heavy atom. The monoisotopic (exact) mass is 385 g/mol. The maximum absolute atomic E-state index is 4.70. The summed E-state index contributed by atoms with van der Waals surface area (Å²) in [6.07, 6.45) is 2.82. The maximum atomic E-state index is 4.70. The van der Waals surface area contributed by atoms with E-state index in [1.54, 1.807) is 29.7 Å². The van der Waals surface area contributed by atoms with Crippen LogP contribution >= 0.6 is 22.7 Å². The Balaban J connectivity index is 1.53. The Bertz CT molecular complexity index is 867. The van der Waals surface area contributed by atoms with Crippen molar-refractivity contribution in [2.75, 3.05) is 13.6 Å². The van der Waals surface area contributed by atoms with Crippen LogP contribution < -0.4 is 10.6 Å². The molecule has 0 radical (unpaired) electrons. The average Bonchev–Trinajstić information content (AvgIpc) is 3.24. The van der Waals surface area contributed by atoms with Crippen LogP contribution in [-0.2, 0) is 13.0 Å². The number of aryl methyl sites for hydroxylation is 2. The molecule has 0 fully saturated rings. The van der Waals surface area contributed by atoms with Gasteiger partial charge < -0.3 is 10.6 Å². The highest BCUT2D eigenvalue weighted by Gasteiger charge is 2.10. The number of benzene rings is 1. The van der Waals surface area contributed by atoms with E-state index in [-0.39, 0.29) is 0 Å². The summed E-state index contributed by atoms with van der Waals surface area (Å²) in [5.74, 6) is 0.798. The summed E-state index contributed by atoms with van der Waals surface area (Å²) >= 11 is 3.47. The van der Waals surface area contributed by atoms with Gasteiger partial charge in [0.2, 0.25) is 0 Å². The maximum Gasteiger partial charge on any atom is 0.191 e. The van der Waals surface area contributed by atoms with Crippen LogP contribution in [0.2, 0.25) is 0 Å². The molecule has 0 aliphatic carbocycles. The zero-order valence-electron chi connectivity index (χ0n) is 15.2. The number of hydrogen-bond donors (Lipinski definition) is 2. The minimum Gasteiger partial charge on any atom is -0.356 e. The van der Waals surface area contributed by atoms with Crippen LogP contribution in [0.25, 0.3) is 10.6 Å². The van der Waals surface area contributed by atoms with Crippen LogP contribution in [0, 0.1) is 13.8 Å². The normalized spacial score (nSPS) is 11.6. The highest BCUT2D eigenvalue weighted by Crippen LogP contribution is 2.27. The molecule has 7 heteroatoms. The lowest BCUT2D eigenvalue weighted by molar-refractivity contribution is 0.794. The van der Waals surface area contributed by atoms with E-state index in [9.17, 15) is 0 Å². The molecule has 0 saturated carbocycles. The van der Waals surface area contributed by atoms with Gasteiger partial charge in [-0.05, 0) is 13.8 Å². The molecule has 3 rings (SSSR count). The molecule has 0 aliphatic heterocycles. The summed E-state index contributed by atoms with van der Waals surface area (Å²) in [6, 6.07) is 10.3. The minimum atomic E-state index is 0.715. The smallest absolute Gasteiger partial charge is 0.191 e. The third-order valence-corrected chi connectivity index (χ3v) is 6.03. The molecule has 2 N–H and O–H groups in total. The van der Waals surface area contributed by atoms with Gasteiger partial charge in [-0.1, -0.05) is 30.3 Å². The second-order valence-electron chi connectivity index (χ2n) is 5.86. The zero-order valence-corrected chi connectivity index (χ0v) is 16.9. The van der Waals surface area contributed by atoms with E-state index in [1.807, 2.05) is 24.4 Å². The molecule has 136 valence electrons. The first kappa shape index (κ1) is 18.5. The predicted molar refractivity (Wildman–Crippen MR) is 111 cm³/mol. The summed E-state index contributed by atoms with van der Waals surface area (Å²) < 4.78 is 0. The summed E-state index contributed by atoms with van der Waals surface area (Å²) in [5, 5.41) is 8.93. The molecule has 0 atom stereocenters. The van der Waals surface area contributed by atoms with Gasteiger partial charge in [0.15, 0.2) is 5.96 Å². The number of rotatable bonds is 6. The molecular formula is C19H23N5S2. The van der Waals surface area contributed by atoms with Gasteiger partial charge in [-0.25, -0.2) is 9.97 Å². The Morgan fingerprint density at radius 1 is 1.12 bits per heavy atom. The highest BCUT2D eigenvalue weighted by atomic mass is 32.1. The lowest BCUT2D eigenvalue weighted by atomic mass is 10.2. The van der Waals surface area contributed by atoms with Crippen molar-refractivity contribution in [3.63, 3.8) is 0 Å². The van der Waals surface area contributed by atoms with Crippen molar-refractivity contribution in [1.82, 2.24) is 20.6 Å². The largest absolute Gasteiger partial charge is 0.356 e. The standard InChI is InChI=1S/C19H23N5S2/c1-13-11-22-17(25-13)9-10-21-19(20-3)23-12-16-14(2)24-18(26-16)15-7-5-4-6-8-15/h4-8,11H,9-10,12H2,1-3H3,(H2,20,21,23). The molecule has 26 heavy (non-hydrogen) atoms. The first-order chi connectivity index (χ1) is 12.7. The lowest BCUT2D eigenvalue weighted by Gasteiger charge is -2.10. The molecule has 0 bridgehead atoms. The number of thiazole rings is 2. The molecule has 1 aromatic carbocycles. The van der Waals surface area contributed by atoms with Crippen molar-refractivity contribution in [2.24, 2.45) is 4.99 Å². The summed E-state index contributed by atoms with van der Waals surface area (Å²) in [7, 11) is 1.79. The number of guanidine groups is 1. The van der Waals surface area contributed by atoms with E-state index in [2.05, 4.69) is 46.6 Å². The van der Waals surface area contributed by atoms with Crippen molar-refractivity contribution in [3.8, 4) is 10.6 Å². The number of aromatic nitrogens is 2. The van der Waals surface area contributed by atoms with Gasteiger partial charge in [0.1, 0.15) is 5.01 Å². The van der Waals surface area contributed by atoms with Crippen LogP contribution in [0.1, 0.15) is 20.5 Å². The fourth-order valence-corrected chi connectivity index (χ4v) is 4.28. The van der Waals surface area contributed by atoms with E-state index in [0.29, 0.717) is 6.54 Å². The number of hydrogen-bond acceptors (Lipinski definition) is 5. The first-order valence-electron chi connectivity index (χ1n) is 8.53. The minimum absolute atomic E-state index is 0.715. The fourth-order valence-electron chi connectivity index (χ4n) is 2.49. The molecular weight excluding hydrogens is 362 g/mol. The molecule has 5 nitrogen and oxygen atoms in total. The second kappa shape index (κ2) is 8.91. The predicted octanol–water partition coefficient (Wildman–Crippen LogP) is 3.79. The van der Waals surface area contributed by atoms with Gasteiger partial charge in [0, 0.05) is 41.5 Å². The van der Waals surface area contributed by atoms with Gasteiger partial charge in [0.05, 0.1) is 17.2 Å². The van der Waals surface area contributed by atoms with E-state index in [1.165, 1.54) is 9.75 Å². The summed E-state index contributed by atoms with van der Waals surface area (Å²) in [4.78, 5) is 15.9. The van der Waals surface area contributed by atoms with E-state index >= 15 is 0 Å². The summed E-state index contributed by atoms with van der Waals surface area (Å²) in [5.41, 5.74) is 2.23. The van der Waals surface area contributed by atoms with E-state index < -0.39 is 0 Å². The number of aliphatic imine (C=N–C) groups is 1. The second-order valence-corrected chi connectivity index (χ2v) is 8.26. The average molecular weight is 386 g/mol. The topological polar surface area (TPSA) is 62.2 Å². The van der Waals surface area contributed by atoms with Crippen molar-refractivity contribution in [2.45, 2.75) is 26.8 Å². The lowest BCUT2D eigenvalue weighted by Crippen LogP contribution is -2.37. The molecule has 2 aromatic heterocycles. The van der Waals surface area contributed by atoms with Gasteiger partial charge in [-0.2, -0.15) is 0 Å². The van der Waals surface area contributed by atoms with Gasteiger partial charge in [0.25, 0.3) is 0 Å². The van der Waals surface area contributed by atoms with Crippen LogP contribution in [0.3, 0.4) is 0 Å². The summed E-state index contributed by atoms with van der Waals surface area (Å²) in [6.45, 7) is 5.66. The molecule has 2 heterocycles. The van der Waals surface area contributed by atoms with Crippen molar-refractivity contribution < 1.29 is 0 Å². The van der Waals surface area contributed by atoms with E-state index in [4.69, 9.17) is 4.98 Å². The number of nitrogens with zero attached hydrogens (tertiary/aromatic N) is 3. The Hall–Kier alpha value is -2.25. The Morgan fingerprint density at radius 3 is 2.62 bits per heavy atom. The number of nitrogens with one attached hydrogen (secondary N) is 2. The van der Waals surface area contributed by atoms with Gasteiger partial charge >= 0.3 is 0 Å². The zero-order chi connectivity index (χ0) is 18.4. The molecule has 0 spiro atoms. The van der Waals surface area contributed by atoms with Crippen molar-refractivity contribution in [1.29, 1.82) is 0 Å². The van der Waals surface area contributed by atoms with Crippen molar-refractivity contribution in [3.05, 3.63) is 57.0 Å². The van der Waals surface area contributed by atoms with Crippen LogP contribution in [0.15, 0.2) is 41.5 Å². The Kier molecular flexibility index (Phi) is 6.35. The third kappa shape index (κ3) is 4.89. The molecule has 0 aliphatic rings. The Labute approximate surface area is 162 Å². The van der Waals surface area contributed by atoms with Gasteiger partial charge in [-0.3, -0.25) is 4.99 Å². The van der Waals surface area contributed by atoms with E-state index in [0.717, 1.165) is 40.2 Å². The highest BCUT2D eigenvalue weighted by molar-refractivity contribution is 7.15.